The molecule has 1 fully saturated rings. The van der Waals surface area contributed by atoms with Gasteiger partial charge in [0, 0.05) is 18.6 Å². The second-order valence-corrected chi connectivity index (χ2v) is 5.26. The number of hydrogen-bond acceptors (Lipinski definition) is 4. The Labute approximate surface area is 125 Å². The molecule has 1 aromatic rings. The molecule has 1 unspecified atom stereocenters. The summed E-state index contributed by atoms with van der Waals surface area (Å²) in [6.45, 7) is 0. The fourth-order valence-electron chi connectivity index (χ4n) is 2.67. The Balaban J connectivity index is 2.33. The summed E-state index contributed by atoms with van der Waals surface area (Å²) in [5.74, 6) is -2.11. The zero-order chi connectivity index (χ0) is 16.3. The predicted octanol–water partition coefficient (Wildman–Crippen LogP) is 2.61. The number of aromatic carboxylic acids is 1. The van der Waals surface area contributed by atoms with Gasteiger partial charge < -0.3 is 19.4 Å². The number of carboxylic acids is 1. The molecule has 0 N–H and O–H groups in total. The van der Waals surface area contributed by atoms with E-state index < -0.39 is 29.7 Å². The smallest absolute Gasteiger partial charge is 0.419 e. The molecule has 122 valence electrons. The number of carboxylic acid groups (broad SMARTS) is 1. The van der Waals surface area contributed by atoms with Crippen molar-refractivity contribution in [1.82, 2.24) is 0 Å². The van der Waals surface area contributed by atoms with Gasteiger partial charge in [0.15, 0.2) is 0 Å². The summed E-state index contributed by atoms with van der Waals surface area (Å²) in [6, 6.07) is 2.36. The van der Waals surface area contributed by atoms with E-state index in [1.807, 2.05) is 0 Å². The van der Waals surface area contributed by atoms with Crippen LogP contribution in [0.25, 0.3) is 0 Å². The maximum atomic E-state index is 13.0. The van der Waals surface area contributed by atoms with Gasteiger partial charge >= 0.3 is 6.18 Å². The van der Waals surface area contributed by atoms with Crippen LogP contribution in [-0.2, 0) is 10.9 Å². The molecule has 1 aliphatic carbocycles. The van der Waals surface area contributed by atoms with E-state index in [-0.39, 0.29) is 11.5 Å². The van der Waals surface area contributed by atoms with E-state index >= 15 is 0 Å². The van der Waals surface area contributed by atoms with Crippen LogP contribution in [0.5, 0.6) is 5.75 Å². The van der Waals surface area contributed by atoms with Crippen molar-refractivity contribution in [3.8, 4) is 5.75 Å². The van der Waals surface area contributed by atoms with Crippen molar-refractivity contribution in [2.45, 2.75) is 38.1 Å². The van der Waals surface area contributed by atoms with Crippen LogP contribution < -0.4 is 9.84 Å². The van der Waals surface area contributed by atoms with Gasteiger partial charge in [-0.25, -0.2) is 0 Å². The van der Waals surface area contributed by atoms with Gasteiger partial charge in [-0.1, -0.05) is 18.9 Å². The molecular weight excluding hydrogens is 301 g/mol. The van der Waals surface area contributed by atoms with Gasteiger partial charge in [0.1, 0.15) is 5.75 Å². The molecular formula is C15H16F3O4-. The minimum atomic E-state index is -4.65. The molecule has 0 saturated heterocycles. The third-order valence-electron chi connectivity index (χ3n) is 3.78. The maximum Gasteiger partial charge on any atom is 0.419 e. The van der Waals surface area contributed by atoms with E-state index in [2.05, 4.69) is 0 Å². The lowest BCUT2D eigenvalue weighted by Gasteiger charge is -2.25. The van der Waals surface area contributed by atoms with Gasteiger partial charge in [0.25, 0.3) is 0 Å². The Morgan fingerprint density at radius 3 is 2.45 bits per heavy atom. The topological polar surface area (TPSA) is 58.6 Å². The molecule has 0 aliphatic heterocycles. The Bertz CT molecular complexity index is 536. The van der Waals surface area contributed by atoms with E-state index in [0.29, 0.717) is 6.07 Å². The molecule has 0 aromatic heterocycles. The molecule has 0 bridgehead atoms. The summed E-state index contributed by atoms with van der Waals surface area (Å²) in [4.78, 5) is 10.8. The highest BCUT2D eigenvalue weighted by Crippen LogP contribution is 2.39. The molecule has 7 heteroatoms. The third kappa shape index (κ3) is 3.71. The van der Waals surface area contributed by atoms with Crippen LogP contribution in [0.15, 0.2) is 18.2 Å². The molecule has 1 aliphatic rings. The molecule has 0 spiro atoms. The van der Waals surface area contributed by atoms with Crippen LogP contribution in [-0.4, -0.2) is 19.4 Å². The molecule has 2 rings (SSSR count). The van der Waals surface area contributed by atoms with Crippen molar-refractivity contribution in [2.75, 3.05) is 7.11 Å². The first kappa shape index (κ1) is 16.6. The minimum absolute atomic E-state index is 0.00214. The Kier molecular flexibility index (Phi) is 4.95. The third-order valence-corrected chi connectivity index (χ3v) is 3.78. The van der Waals surface area contributed by atoms with Crippen LogP contribution in [0.2, 0.25) is 0 Å². The summed E-state index contributed by atoms with van der Waals surface area (Å²) in [5.41, 5.74) is -1.40. The number of benzene rings is 1. The lowest BCUT2D eigenvalue weighted by molar-refractivity contribution is -0.255. The first-order valence-electron chi connectivity index (χ1n) is 6.95. The van der Waals surface area contributed by atoms with E-state index in [9.17, 15) is 23.1 Å². The summed E-state index contributed by atoms with van der Waals surface area (Å²) in [6.07, 6.45) is -1.92. The zero-order valence-corrected chi connectivity index (χ0v) is 12.0. The van der Waals surface area contributed by atoms with E-state index in [0.717, 1.165) is 37.8 Å². The standard InChI is InChI=1S/C15H17F3O4/c1-21-14(9-4-2-3-5-9)22-12-8-10(13(19)20)6-7-11(12)15(16,17)18/h6-9,14H,2-5H2,1H3,(H,19,20)/p-1. The average Bonchev–Trinajstić information content (AvgIpc) is 2.97. The van der Waals surface area contributed by atoms with Crippen molar-refractivity contribution < 1.29 is 32.5 Å². The van der Waals surface area contributed by atoms with E-state index in [4.69, 9.17) is 9.47 Å². The van der Waals surface area contributed by atoms with Crippen molar-refractivity contribution >= 4 is 5.97 Å². The lowest BCUT2D eigenvalue weighted by atomic mass is 10.1. The number of methoxy groups -OCH3 is 1. The number of carbonyl (C=O) groups is 1. The summed E-state index contributed by atoms with van der Waals surface area (Å²) in [5, 5.41) is 10.8. The van der Waals surface area contributed by atoms with Gasteiger partial charge in [0.2, 0.25) is 6.29 Å². The molecule has 22 heavy (non-hydrogen) atoms. The predicted molar refractivity (Wildman–Crippen MR) is 69.2 cm³/mol. The first-order chi connectivity index (χ1) is 10.3. The highest BCUT2D eigenvalue weighted by atomic mass is 19.4. The molecule has 0 heterocycles. The summed E-state index contributed by atoms with van der Waals surface area (Å²) in [7, 11) is 1.36. The number of carbonyl (C=O) groups excluding carboxylic acids is 1. The van der Waals surface area contributed by atoms with Crippen LogP contribution in [0, 0.1) is 5.92 Å². The van der Waals surface area contributed by atoms with Crippen molar-refractivity contribution in [3.63, 3.8) is 0 Å². The Morgan fingerprint density at radius 1 is 1.32 bits per heavy atom. The highest BCUT2D eigenvalue weighted by molar-refractivity contribution is 5.86. The summed E-state index contributed by atoms with van der Waals surface area (Å²) < 4.78 is 49.6. The number of hydrogen-bond donors (Lipinski definition) is 0. The fourth-order valence-corrected chi connectivity index (χ4v) is 2.67. The first-order valence-corrected chi connectivity index (χ1v) is 6.95. The zero-order valence-electron chi connectivity index (χ0n) is 12.0. The second-order valence-electron chi connectivity index (χ2n) is 5.26. The molecule has 1 saturated carbocycles. The normalized spacial score (nSPS) is 17.5. The largest absolute Gasteiger partial charge is 0.545 e. The molecule has 0 amide bonds. The fraction of sp³-hybridized carbons (Fsp3) is 0.533. The van der Waals surface area contributed by atoms with Crippen molar-refractivity contribution in [2.24, 2.45) is 5.92 Å². The molecule has 1 atom stereocenters. The van der Waals surface area contributed by atoms with Gasteiger partial charge in [0.05, 0.1) is 11.5 Å². The van der Waals surface area contributed by atoms with E-state index in [1.54, 1.807) is 0 Å². The molecule has 1 aromatic carbocycles. The minimum Gasteiger partial charge on any atom is -0.545 e. The maximum absolute atomic E-state index is 13.0. The van der Waals surface area contributed by atoms with Gasteiger partial charge in [-0.2, -0.15) is 13.2 Å². The Morgan fingerprint density at radius 2 is 1.95 bits per heavy atom. The number of alkyl halides is 3. The molecule has 0 radical (unpaired) electrons. The van der Waals surface area contributed by atoms with Gasteiger partial charge in [-0.15, -0.1) is 0 Å². The van der Waals surface area contributed by atoms with Crippen LogP contribution in [0.3, 0.4) is 0 Å². The van der Waals surface area contributed by atoms with Crippen LogP contribution in [0.1, 0.15) is 41.6 Å². The van der Waals surface area contributed by atoms with Gasteiger partial charge in [-0.05, 0) is 25.0 Å². The monoisotopic (exact) mass is 317 g/mol. The molecule has 4 nitrogen and oxygen atoms in total. The summed E-state index contributed by atoms with van der Waals surface area (Å²) >= 11 is 0. The van der Waals surface area contributed by atoms with Crippen molar-refractivity contribution in [1.29, 1.82) is 0 Å². The SMILES string of the molecule is COC(Oc1cc(C(=O)[O-])ccc1C(F)(F)F)C1CCCC1. The van der Waals surface area contributed by atoms with E-state index in [1.165, 1.54) is 7.11 Å². The van der Waals surface area contributed by atoms with Gasteiger partial charge in [-0.3, -0.25) is 0 Å². The van der Waals surface area contributed by atoms with Crippen molar-refractivity contribution in [3.05, 3.63) is 29.3 Å². The van der Waals surface area contributed by atoms with Crippen LogP contribution >= 0.6 is 0 Å². The average molecular weight is 317 g/mol. The quantitative estimate of drug-likeness (QED) is 0.783. The second kappa shape index (κ2) is 6.56. The number of rotatable bonds is 5. The number of ether oxygens (including phenoxy) is 2. The highest BCUT2D eigenvalue weighted by Gasteiger charge is 2.36. The number of halogens is 3. The van der Waals surface area contributed by atoms with Crippen LogP contribution in [0.4, 0.5) is 13.2 Å². The lowest BCUT2D eigenvalue weighted by Crippen LogP contribution is -2.29. The Hall–Kier alpha value is -1.76.